The Morgan fingerprint density at radius 1 is 1.02 bits per heavy atom. The smallest absolute Gasteiger partial charge is 0.285 e. The van der Waals surface area contributed by atoms with Gasteiger partial charge in [-0.1, -0.05) is 109 Å². The van der Waals surface area contributed by atoms with Crippen LogP contribution in [0.15, 0.2) is 149 Å². The minimum atomic E-state index is -0.804. The summed E-state index contributed by atoms with van der Waals surface area (Å²) < 4.78 is 5.84. The molecule has 1 aliphatic heterocycles. The molecule has 3 aromatic carbocycles. The van der Waals surface area contributed by atoms with E-state index in [1.807, 2.05) is 60.7 Å². The summed E-state index contributed by atoms with van der Waals surface area (Å²) >= 11 is 0.960. The number of thioether (sulfide) groups is 1. The zero-order valence-electron chi connectivity index (χ0n) is 25.8. The van der Waals surface area contributed by atoms with E-state index in [4.69, 9.17) is 4.42 Å². The first-order chi connectivity index (χ1) is 23.3. The van der Waals surface area contributed by atoms with E-state index in [1.54, 1.807) is 49.4 Å². The van der Waals surface area contributed by atoms with Crippen LogP contribution in [-0.2, 0) is 14.4 Å². The van der Waals surface area contributed by atoms with Crippen molar-refractivity contribution in [3.63, 3.8) is 0 Å². The summed E-state index contributed by atoms with van der Waals surface area (Å²) in [6.45, 7) is 5.42. The summed E-state index contributed by atoms with van der Waals surface area (Å²) in [4.78, 5) is 56.7. The molecule has 10 nitrogen and oxygen atoms in total. The van der Waals surface area contributed by atoms with Gasteiger partial charge in [-0.15, -0.1) is 0 Å². The molecule has 0 saturated carbocycles. The molecule has 1 N–H and O–H groups in total. The number of aliphatic imine (C=N–C) groups is 1. The van der Waals surface area contributed by atoms with Gasteiger partial charge in [0.05, 0.1) is 16.7 Å². The van der Waals surface area contributed by atoms with E-state index in [9.17, 15) is 24.5 Å². The number of carbonyl (C=O) groups excluding carboxylic acids is 3. The molecule has 0 bridgehead atoms. The number of amides is 3. The average Bonchev–Trinajstić information content (AvgIpc) is 3.59. The van der Waals surface area contributed by atoms with E-state index >= 15 is 0 Å². The second kappa shape index (κ2) is 15.5. The third-order valence-electron chi connectivity index (χ3n) is 7.17. The number of furan rings is 1. The number of nitro groups is 1. The molecule has 2 heterocycles. The number of nitrogens with zero attached hydrogens (tertiary/aromatic N) is 3. The van der Waals surface area contributed by atoms with Gasteiger partial charge in [0.2, 0.25) is 5.91 Å². The molecule has 48 heavy (non-hydrogen) atoms. The van der Waals surface area contributed by atoms with Crippen molar-refractivity contribution in [2.75, 3.05) is 5.75 Å². The lowest BCUT2D eigenvalue weighted by molar-refractivity contribution is -0.384. The Labute approximate surface area is 281 Å². The van der Waals surface area contributed by atoms with Gasteiger partial charge in [-0.05, 0) is 42.3 Å². The Morgan fingerprint density at radius 2 is 1.71 bits per heavy atom. The van der Waals surface area contributed by atoms with Crippen LogP contribution in [0.2, 0.25) is 0 Å². The van der Waals surface area contributed by atoms with Crippen LogP contribution in [0.25, 0.3) is 17.4 Å². The number of benzene rings is 3. The maximum absolute atomic E-state index is 13.9. The van der Waals surface area contributed by atoms with Gasteiger partial charge >= 0.3 is 0 Å². The highest BCUT2D eigenvalue weighted by Gasteiger charge is 2.35. The fourth-order valence-corrected chi connectivity index (χ4v) is 5.70. The van der Waals surface area contributed by atoms with Crippen LogP contribution >= 0.6 is 11.8 Å². The van der Waals surface area contributed by atoms with Crippen molar-refractivity contribution in [1.82, 2.24) is 10.2 Å². The van der Waals surface area contributed by atoms with Crippen LogP contribution in [0.3, 0.4) is 0 Å². The molecule has 240 valence electrons. The van der Waals surface area contributed by atoms with Gasteiger partial charge in [-0.2, -0.15) is 4.99 Å². The van der Waals surface area contributed by atoms with E-state index in [0.29, 0.717) is 17.0 Å². The third kappa shape index (κ3) is 7.83. The molecular formula is C37H30N4O6S. The number of non-ortho nitro benzene ring substituents is 1. The number of allylic oxidation sites excluding steroid dienone is 4. The lowest BCUT2D eigenvalue weighted by Gasteiger charge is -2.28. The highest BCUT2D eigenvalue weighted by atomic mass is 32.2. The Morgan fingerprint density at radius 3 is 2.33 bits per heavy atom. The van der Waals surface area contributed by atoms with E-state index in [2.05, 4.69) is 16.9 Å². The summed E-state index contributed by atoms with van der Waals surface area (Å²) in [5, 5.41) is 14.3. The molecule has 0 saturated heterocycles. The zero-order chi connectivity index (χ0) is 34.0. The van der Waals surface area contributed by atoms with Crippen molar-refractivity contribution >= 4 is 46.4 Å². The molecule has 0 unspecified atom stereocenters. The van der Waals surface area contributed by atoms with E-state index in [1.165, 1.54) is 29.2 Å². The predicted molar refractivity (Wildman–Crippen MR) is 186 cm³/mol. The number of hydrogen-bond donors (Lipinski definition) is 1. The number of hydrogen-bond acceptors (Lipinski definition) is 7. The van der Waals surface area contributed by atoms with Gasteiger partial charge in [-0.25, -0.2) is 0 Å². The standard InChI is InChI=1S/C37H30N4O6S/c1-3-5-18-28(4-2)40-36(44)31(23-30-20-21-32(47-30)27-17-12-19-29(22-27)41(45)46)35(43)39-37(40)48-24-33(42)38-34(25-13-8-6-9-14-25)26-15-10-7-11-16-26/h3-23,34H,1,24H2,2H3,(H,38,42)/b18-5-,28-4+,31-23+. The summed E-state index contributed by atoms with van der Waals surface area (Å²) in [5.41, 5.74) is 2.30. The van der Waals surface area contributed by atoms with Gasteiger partial charge < -0.3 is 9.73 Å². The maximum Gasteiger partial charge on any atom is 0.285 e. The highest BCUT2D eigenvalue weighted by Crippen LogP contribution is 2.30. The number of carbonyl (C=O) groups is 3. The number of rotatable bonds is 11. The molecule has 0 radical (unpaired) electrons. The van der Waals surface area contributed by atoms with Crippen molar-refractivity contribution in [2.24, 2.45) is 4.99 Å². The quantitative estimate of drug-likeness (QED) is 0.0590. The fraction of sp³-hybridized carbons (Fsp3) is 0.0811. The van der Waals surface area contributed by atoms with Crippen LogP contribution in [0.4, 0.5) is 5.69 Å². The average molecular weight is 659 g/mol. The molecule has 1 aromatic heterocycles. The van der Waals surface area contributed by atoms with Crippen LogP contribution in [0, 0.1) is 10.1 Å². The van der Waals surface area contributed by atoms with Crippen LogP contribution < -0.4 is 5.32 Å². The zero-order valence-corrected chi connectivity index (χ0v) is 26.6. The molecule has 0 aliphatic carbocycles. The van der Waals surface area contributed by atoms with Crippen LogP contribution in [-0.4, -0.2) is 38.5 Å². The first-order valence-electron chi connectivity index (χ1n) is 14.8. The van der Waals surface area contributed by atoms with Crippen LogP contribution in [0.1, 0.15) is 29.9 Å². The van der Waals surface area contributed by atoms with Crippen molar-refractivity contribution in [3.05, 3.63) is 166 Å². The summed E-state index contributed by atoms with van der Waals surface area (Å²) in [6.07, 6.45) is 7.78. The monoisotopic (exact) mass is 658 g/mol. The van der Waals surface area contributed by atoms with Gasteiger partial charge in [0, 0.05) is 23.4 Å². The van der Waals surface area contributed by atoms with Gasteiger partial charge in [0.15, 0.2) is 5.17 Å². The van der Waals surface area contributed by atoms with Gasteiger partial charge in [-0.3, -0.25) is 29.4 Å². The maximum atomic E-state index is 13.9. The second-order valence-electron chi connectivity index (χ2n) is 10.3. The molecule has 5 rings (SSSR count). The second-order valence-corrected chi connectivity index (χ2v) is 11.3. The van der Waals surface area contributed by atoms with E-state index in [0.717, 1.165) is 22.9 Å². The molecule has 0 fully saturated rings. The Kier molecular flexibility index (Phi) is 10.7. The highest BCUT2D eigenvalue weighted by molar-refractivity contribution is 8.14. The molecular weight excluding hydrogens is 628 g/mol. The minimum absolute atomic E-state index is 0.0341. The summed E-state index contributed by atoms with van der Waals surface area (Å²) in [6, 6.07) is 27.8. The van der Waals surface area contributed by atoms with Crippen molar-refractivity contribution in [3.8, 4) is 11.3 Å². The number of nitrogens with one attached hydrogen (secondary N) is 1. The van der Waals surface area contributed by atoms with Crippen LogP contribution in [0.5, 0.6) is 0 Å². The van der Waals surface area contributed by atoms with E-state index in [-0.39, 0.29) is 33.8 Å². The van der Waals surface area contributed by atoms with Crippen molar-refractivity contribution in [1.29, 1.82) is 0 Å². The predicted octanol–water partition coefficient (Wildman–Crippen LogP) is 7.25. The lowest BCUT2D eigenvalue weighted by atomic mass is 9.99. The molecule has 0 spiro atoms. The molecule has 1 aliphatic rings. The Hall–Kier alpha value is -6.07. The summed E-state index contributed by atoms with van der Waals surface area (Å²) in [5.74, 6) is -1.43. The lowest BCUT2D eigenvalue weighted by Crippen LogP contribution is -2.42. The van der Waals surface area contributed by atoms with Gasteiger partial charge in [0.25, 0.3) is 17.5 Å². The molecule has 3 amide bonds. The van der Waals surface area contributed by atoms with Crippen molar-refractivity contribution < 1.29 is 23.7 Å². The van der Waals surface area contributed by atoms with Crippen molar-refractivity contribution in [2.45, 2.75) is 13.0 Å². The largest absolute Gasteiger partial charge is 0.457 e. The molecule has 11 heteroatoms. The Bertz CT molecular complexity index is 1940. The first kappa shape index (κ1) is 33.3. The summed E-state index contributed by atoms with van der Waals surface area (Å²) in [7, 11) is 0. The first-order valence-corrected chi connectivity index (χ1v) is 15.8. The van der Waals surface area contributed by atoms with Gasteiger partial charge in [0.1, 0.15) is 17.1 Å². The minimum Gasteiger partial charge on any atom is -0.457 e. The SMILES string of the molecule is C=C/C=C\C(=C/C)N1C(=O)/C(=C/c2ccc(-c3cccc([N+](=O)[O-])c3)o2)C(=O)N=C1SCC(=O)NC(c1ccccc1)c1ccccc1. The fourth-order valence-electron chi connectivity index (χ4n) is 4.89. The third-order valence-corrected chi connectivity index (χ3v) is 8.11. The normalized spacial score (nSPS) is 14.5. The Balaban J connectivity index is 1.41. The molecule has 0 atom stereocenters. The van der Waals surface area contributed by atoms with E-state index < -0.39 is 22.8 Å². The number of nitro benzene ring substituents is 1. The topological polar surface area (TPSA) is 135 Å². The molecule has 4 aromatic rings. The number of amidine groups is 1.